The first-order valence-corrected chi connectivity index (χ1v) is 8.63. The van der Waals surface area contributed by atoms with Crippen molar-refractivity contribution in [3.05, 3.63) is 46.8 Å². The summed E-state index contributed by atoms with van der Waals surface area (Å²) in [5.41, 5.74) is 4.71. The quantitative estimate of drug-likeness (QED) is 0.802. The second-order valence-corrected chi connectivity index (χ2v) is 6.55. The smallest absolute Gasteiger partial charge is 0.220 e. The van der Waals surface area contributed by atoms with Crippen LogP contribution in [0.25, 0.3) is 0 Å². The van der Waals surface area contributed by atoms with Gasteiger partial charge in [-0.15, -0.1) is 0 Å². The minimum atomic E-state index is 0.105. The number of rotatable bonds is 6. The van der Waals surface area contributed by atoms with E-state index in [2.05, 4.69) is 15.5 Å². The van der Waals surface area contributed by atoms with Crippen molar-refractivity contribution in [2.45, 2.75) is 52.0 Å². The van der Waals surface area contributed by atoms with E-state index in [1.54, 1.807) is 0 Å². The minimum absolute atomic E-state index is 0.105. The van der Waals surface area contributed by atoms with E-state index in [0.717, 1.165) is 48.3 Å². The van der Waals surface area contributed by atoms with Crippen LogP contribution in [0.3, 0.4) is 0 Å². The number of para-hydroxylation sites is 1. The van der Waals surface area contributed by atoms with Crippen molar-refractivity contribution in [1.29, 1.82) is 0 Å². The van der Waals surface area contributed by atoms with Crippen LogP contribution in [-0.2, 0) is 17.6 Å². The summed E-state index contributed by atoms with van der Waals surface area (Å²) in [6.07, 6.45) is 5.92. The molecule has 1 amide bonds. The van der Waals surface area contributed by atoms with E-state index in [4.69, 9.17) is 4.74 Å². The lowest BCUT2D eigenvalue weighted by Gasteiger charge is -2.22. The summed E-state index contributed by atoms with van der Waals surface area (Å²) >= 11 is 0. The Labute approximate surface area is 142 Å². The van der Waals surface area contributed by atoms with Crippen molar-refractivity contribution in [2.24, 2.45) is 0 Å². The van der Waals surface area contributed by atoms with E-state index in [1.165, 1.54) is 5.56 Å². The molecular weight excluding hydrogens is 302 g/mol. The van der Waals surface area contributed by atoms with Crippen LogP contribution in [0.4, 0.5) is 0 Å². The van der Waals surface area contributed by atoms with E-state index >= 15 is 0 Å². The zero-order valence-electron chi connectivity index (χ0n) is 14.4. The third-order valence-corrected chi connectivity index (χ3v) is 4.59. The molecule has 128 valence electrons. The van der Waals surface area contributed by atoms with Gasteiger partial charge in [0.15, 0.2) is 0 Å². The first kappa shape index (κ1) is 16.6. The van der Waals surface area contributed by atoms with Gasteiger partial charge in [0, 0.05) is 24.6 Å². The van der Waals surface area contributed by atoms with Gasteiger partial charge in [-0.3, -0.25) is 9.89 Å². The lowest BCUT2D eigenvalue weighted by Crippen LogP contribution is -2.38. The van der Waals surface area contributed by atoms with Gasteiger partial charge in [0.25, 0.3) is 0 Å². The van der Waals surface area contributed by atoms with Gasteiger partial charge in [0.1, 0.15) is 5.75 Å². The molecule has 0 fully saturated rings. The predicted octanol–water partition coefficient (Wildman–Crippen LogP) is 2.86. The maximum absolute atomic E-state index is 12.1. The summed E-state index contributed by atoms with van der Waals surface area (Å²) in [4.78, 5) is 12.1. The number of aromatic nitrogens is 2. The van der Waals surface area contributed by atoms with Gasteiger partial charge < -0.3 is 10.1 Å². The number of fused-ring (bicyclic) bond motifs is 1. The lowest BCUT2D eigenvalue weighted by molar-refractivity contribution is -0.122. The van der Waals surface area contributed by atoms with Crippen LogP contribution in [0.1, 0.15) is 41.6 Å². The average molecular weight is 327 g/mol. The first-order valence-electron chi connectivity index (χ1n) is 8.63. The monoisotopic (exact) mass is 327 g/mol. The van der Waals surface area contributed by atoms with E-state index in [9.17, 15) is 4.79 Å². The highest BCUT2D eigenvalue weighted by molar-refractivity contribution is 5.76. The van der Waals surface area contributed by atoms with Crippen molar-refractivity contribution in [2.75, 3.05) is 6.61 Å². The van der Waals surface area contributed by atoms with E-state index in [1.807, 2.05) is 38.2 Å². The fraction of sp³-hybridized carbons (Fsp3) is 0.474. The molecule has 1 unspecified atom stereocenters. The molecule has 1 atom stereocenters. The number of hydrogen-bond donors (Lipinski definition) is 2. The van der Waals surface area contributed by atoms with E-state index in [-0.39, 0.29) is 11.9 Å². The van der Waals surface area contributed by atoms with Crippen LogP contribution in [0, 0.1) is 13.8 Å². The van der Waals surface area contributed by atoms with Crippen LogP contribution in [0.15, 0.2) is 24.4 Å². The summed E-state index contributed by atoms with van der Waals surface area (Å²) in [5, 5.41) is 10.2. The Kier molecular flexibility index (Phi) is 5.18. The second-order valence-electron chi connectivity index (χ2n) is 6.55. The van der Waals surface area contributed by atoms with Gasteiger partial charge in [-0.05, 0) is 49.8 Å². The number of amides is 1. The summed E-state index contributed by atoms with van der Waals surface area (Å²) < 4.78 is 5.85. The molecule has 1 aliphatic rings. The number of carbonyl (C=O) groups is 1. The topological polar surface area (TPSA) is 67.0 Å². The molecule has 0 radical (unpaired) electrons. The van der Waals surface area contributed by atoms with Crippen molar-refractivity contribution in [3.63, 3.8) is 0 Å². The molecule has 1 aromatic carbocycles. The predicted molar refractivity (Wildman–Crippen MR) is 93.2 cm³/mol. The molecular formula is C19H25N3O2. The molecule has 0 saturated heterocycles. The highest BCUT2D eigenvalue weighted by Gasteiger charge is 2.21. The fourth-order valence-corrected chi connectivity index (χ4v) is 3.27. The molecule has 5 nitrogen and oxygen atoms in total. The first-order chi connectivity index (χ1) is 11.6. The fourth-order valence-electron chi connectivity index (χ4n) is 3.27. The molecule has 5 heteroatoms. The molecule has 1 aliphatic carbocycles. The number of ether oxygens (including phenoxy) is 1. The van der Waals surface area contributed by atoms with Gasteiger partial charge >= 0.3 is 0 Å². The molecule has 3 rings (SSSR count). The van der Waals surface area contributed by atoms with Crippen molar-refractivity contribution in [3.8, 4) is 5.75 Å². The Bertz CT molecular complexity index is 688. The standard InChI is InChI=1S/C19H25N3O2/c1-13-5-3-6-14(2)19(13)24-10-4-7-18(23)21-16-9-8-15-12-20-22-17(15)11-16/h3,5-6,12,16H,4,7-11H2,1-2H3,(H,20,22)(H,21,23). The van der Waals surface area contributed by atoms with Crippen LogP contribution < -0.4 is 10.1 Å². The molecule has 1 aromatic heterocycles. The number of nitrogens with one attached hydrogen (secondary N) is 2. The third-order valence-electron chi connectivity index (χ3n) is 4.59. The highest BCUT2D eigenvalue weighted by atomic mass is 16.5. The molecule has 0 aliphatic heterocycles. The van der Waals surface area contributed by atoms with Gasteiger partial charge in [-0.25, -0.2) is 0 Å². The number of nitrogens with zero attached hydrogens (tertiary/aromatic N) is 1. The van der Waals surface area contributed by atoms with Crippen LogP contribution in [-0.4, -0.2) is 28.8 Å². The van der Waals surface area contributed by atoms with E-state index < -0.39 is 0 Å². The van der Waals surface area contributed by atoms with E-state index in [0.29, 0.717) is 13.0 Å². The van der Waals surface area contributed by atoms with Gasteiger partial charge in [-0.1, -0.05) is 18.2 Å². The van der Waals surface area contributed by atoms with Gasteiger partial charge in [0.05, 0.1) is 12.8 Å². The summed E-state index contributed by atoms with van der Waals surface area (Å²) in [6.45, 7) is 4.65. The molecule has 1 heterocycles. The number of hydrogen-bond acceptors (Lipinski definition) is 3. The maximum atomic E-state index is 12.1. The summed E-state index contributed by atoms with van der Waals surface area (Å²) in [5.74, 6) is 1.05. The zero-order chi connectivity index (χ0) is 16.9. The Hall–Kier alpha value is -2.30. The molecule has 0 bridgehead atoms. The minimum Gasteiger partial charge on any atom is -0.493 e. The Morgan fingerprint density at radius 2 is 2.17 bits per heavy atom. The maximum Gasteiger partial charge on any atom is 0.220 e. The third kappa shape index (κ3) is 3.96. The summed E-state index contributed by atoms with van der Waals surface area (Å²) in [6, 6.07) is 6.33. The Morgan fingerprint density at radius 3 is 2.96 bits per heavy atom. The molecule has 24 heavy (non-hydrogen) atoms. The normalized spacial score (nSPS) is 16.5. The van der Waals surface area contributed by atoms with Crippen LogP contribution in [0.2, 0.25) is 0 Å². The largest absolute Gasteiger partial charge is 0.493 e. The van der Waals surface area contributed by atoms with Crippen molar-refractivity contribution < 1.29 is 9.53 Å². The number of aromatic amines is 1. The number of benzene rings is 1. The van der Waals surface area contributed by atoms with Crippen LogP contribution in [0.5, 0.6) is 5.75 Å². The van der Waals surface area contributed by atoms with Gasteiger partial charge in [0.2, 0.25) is 5.91 Å². The molecule has 0 saturated carbocycles. The van der Waals surface area contributed by atoms with Crippen molar-refractivity contribution in [1.82, 2.24) is 15.5 Å². The number of H-pyrrole nitrogens is 1. The highest BCUT2D eigenvalue weighted by Crippen LogP contribution is 2.22. The number of carbonyl (C=O) groups excluding carboxylic acids is 1. The second kappa shape index (κ2) is 7.51. The SMILES string of the molecule is Cc1cccc(C)c1OCCCC(=O)NC1CCc2cn[nH]c2C1. The van der Waals surface area contributed by atoms with Crippen LogP contribution >= 0.6 is 0 Å². The molecule has 2 N–H and O–H groups in total. The Balaban J connectivity index is 1.39. The molecule has 2 aromatic rings. The number of aryl methyl sites for hydroxylation is 3. The zero-order valence-corrected chi connectivity index (χ0v) is 14.4. The lowest BCUT2D eigenvalue weighted by atomic mass is 9.93. The van der Waals surface area contributed by atoms with Gasteiger partial charge in [-0.2, -0.15) is 5.10 Å². The Morgan fingerprint density at radius 1 is 1.38 bits per heavy atom. The summed E-state index contributed by atoms with van der Waals surface area (Å²) in [7, 11) is 0. The molecule has 0 spiro atoms. The van der Waals surface area contributed by atoms with Crippen molar-refractivity contribution >= 4 is 5.91 Å². The average Bonchev–Trinajstić information content (AvgIpc) is 3.01.